The zero-order chi connectivity index (χ0) is 15.6. The summed E-state index contributed by atoms with van der Waals surface area (Å²) >= 11 is 0. The Morgan fingerprint density at radius 3 is 2.29 bits per heavy atom. The maximum absolute atomic E-state index is 12.0. The summed E-state index contributed by atoms with van der Waals surface area (Å²) < 4.78 is 1.18. The van der Waals surface area contributed by atoms with E-state index in [4.69, 9.17) is 7.85 Å². The summed E-state index contributed by atoms with van der Waals surface area (Å²) in [5.74, 6) is 0.409. The lowest BCUT2D eigenvalue weighted by molar-refractivity contribution is 0.546. The van der Waals surface area contributed by atoms with Gasteiger partial charge in [-0.1, -0.05) is 29.7 Å². The van der Waals surface area contributed by atoms with Crippen molar-refractivity contribution in [2.75, 3.05) is 5.32 Å². The molecule has 0 aliphatic heterocycles. The van der Waals surface area contributed by atoms with E-state index in [9.17, 15) is 9.59 Å². The molecule has 0 saturated heterocycles. The molecule has 1 heterocycles. The van der Waals surface area contributed by atoms with Crippen LogP contribution in [0.4, 0.5) is 5.82 Å². The van der Waals surface area contributed by atoms with Gasteiger partial charge in [0.1, 0.15) is 13.7 Å². The lowest BCUT2D eigenvalue weighted by Crippen LogP contribution is -2.36. The number of H-pyrrole nitrogens is 1. The highest BCUT2D eigenvalue weighted by atomic mass is 16.2. The molecule has 6 heteroatoms. The van der Waals surface area contributed by atoms with Gasteiger partial charge in [-0.3, -0.25) is 14.3 Å². The third kappa shape index (κ3) is 3.45. The van der Waals surface area contributed by atoms with Gasteiger partial charge in [0.25, 0.3) is 5.56 Å². The minimum absolute atomic E-state index is 0.0597. The lowest BCUT2D eigenvalue weighted by atomic mass is 9.94. The van der Waals surface area contributed by atoms with Crippen LogP contribution in [0, 0.1) is 0 Å². The van der Waals surface area contributed by atoms with Crippen LogP contribution >= 0.6 is 0 Å². The first-order valence-electron chi connectivity index (χ1n) is 6.86. The summed E-state index contributed by atoms with van der Waals surface area (Å²) in [5, 5.41) is 3.12. The van der Waals surface area contributed by atoms with Crippen molar-refractivity contribution in [1.29, 1.82) is 0 Å². The molecule has 0 unspecified atom stereocenters. The third-order valence-corrected chi connectivity index (χ3v) is 3.29. The molecule has 1 atom stereocenters. The second-order valence-electron chi connectivity index (χ2n) is 5.32. The van der Waals surface area contributed by atoms with Crippen molar-refractivity contribution < 1.29 is 0 Å². The molecule has 1 aromatic heterocycles. The van der Waals surface area contributed by atoms with Gasteiger partial charge in [0, 0.05) is 18.2 Å². The molecular weight excluding hydrogens is 265 g/mol. The molecule has 0 bridgehead atoms. The SMILES string of the molecule is [B]c1ccc([C@H](C)Nc2cc(=O)n(C(C)C)c(=O)[nH]2)cc1. The Balaban J connectivity index is 2.26. The molecule has 2 N–H and O–H groups in total. The van der Waals surface area contributed by atoms with Crippen LogP contribution < -0.4 is 22.0 Å². The Kier molecular flexibility index (Phi) is 4.36. The first-order chi connectivity index (χ1) is 9.88. The van der Waals surface area contributed by atoms with Crippen molar-refractivity contribution in [3.8, 4) is 0 Å². The number of aromatic amines is 1. The van der Waals surface area contributed by atoms with Crippen LogP contribution in [0.2, 0.25) is 0 Å². The van der Waals surface area contributed by atoms with Gasteiger partial charge in [0.05, 0.1) is 0 Å². The summed E-state index contributed by atoms with van der Waals surface area (Å²) in [6.07, 6.45) is 0. The second kappa shape index (κ2) is 6.03. The van der Waals surface area contributed by atoms with Crippen molar-refractivity contribution in [3.63, 3.8) is 0 Å². The minimum atomic E-state index is -0.412. The number of hydrogen-bond donors (Lipinski definition) is 2. The van der Waals surface area contributed by atoms with E-state index < -0.39 is 5.69 Å². The van der Waals surface area contributed by atoms with E-state index in [1.165, 1.54) is 10.6 Å². The maximum Gasteiger partial charge on any atom is 0.330 e. The summed E-state index contributed by atoms with van der Waals surface area (Å²) in [7, 11) is 5.65. The number of hydrogen-bond acceptors (Lipinski definition) is 3. The van der Waals surface area contributed by atoms with Crippen LogP contribution in [-0.2, 0) is 0 Å². The largest absolute Gasteiger partial charge is 0.365 e. The average molecular weight is 283 g/mol. The molecule has 5 nitrogen and oxygen atoms in total. The molecule has 0 aliphatic rings. The summed E-state index contributed by atoms with van der Waals surface area (Å²) in [6.45, 7) is 5.53. The van der Waals surface area contributed by atoms with E-state index in [0.29, 0.717) is 11.3 Å². The number of benzene rings is 1. The molecule has 0 fully saturated rings. The molecule has 0 aliphatic carbocycles. The molecule has 1 aromatic carbocycles. The molecule has 0 amide bonds. The fourth-order valence-electron chi connectivity index (χ4n) is 2.17. The topological polar surface area (TPSA) is 66.9 Å². The summed E-state index contributed by atoms with van der Waals surface area (Å²) in [4.78, 5) is 26.5. The van der Waals surface area contributed by atoms with Crippen molar-refractivity contribution in [2.45, 2.75) is 32.9 Å². The molecule has 21 heavy (non-hydrogen) atoms. The first kappa shape index (κ1) is 15.2. The highest BCUT2D eigenvalue weighted by Crippen LogP contribution is 2.15. The molecule has 0 saturated carbocycles. The van der Waals surface area contributed by atoms with E-state index in [-0.39, 0.29) is 17.6 Å². The second-order valence-corrected chi connectivity index (χ2v) is 5.32. The monoisotopic (exact) mass is 283 g/mol. The van der Waals surface area contributed by atoms with Gasteiger partial charge in [0.2, 0.25) is 0 Å². The minimum Gasteiger partial charge on any atom is -0.365 e. The van der Waals surface area contributed by atoms with E-state index in [0.717, 1.165) is 5.56 Å². The van der Waals surface area contributed by atoms with Crippen LogP contribution in [0.15, 0.2) is 39.9 Å². The van der Waals surface area contributed by atoms with Crippen LogP contribution in [0.1, 0.15) is 38.4 Å². The van der Waals surface area contributed by atoms with Crippen molar-refractivity contribution >= 4 is 19.1 Å². The fourth-order valence-corrected chi connectivity index (χ4v) is 2.17. The van der Waals surface area contributed by atoms with E-state index in [2.05, 4.69) is 10.3 Å². The van der Waals surface area contributed by atoms with Crippen LogP contribution in [0.25, 0.3) is 0 Å². The van der Waals surface area contributed by atoms with Crippen LogP contribution in [0.5, 0.6) is 0 Å². The Morgan fingerprint density at radius 1 is 1.14 bits per heavy atom. The Labute approximate surface area is 124 Å². The first-order valence-corrected chi connectivity index (χ1v) is 6.86. The number of rotatable bonds is 4. The zero-order valence-corrected chi connectivity index (χ0v) is 12.4. The summed E-state index contributed by atoms with van der Waals surface area (Å²) in [5.41, 5.74) is 0.974. The van der Waals surface area contributed by atoms with Crippen molar-refractivity contribution in [1.82, 2.24) is 9.55 Å². The Morgan fingerprint density at radius 2 is 1.76 bits per heavy atom. The molecule has 0 spiro atoms. The molecular formula is C15H18BN3O2. The quantitative estimate of drug-likeness (QED) is 0.825. The predicted octanol–water partition coefficient (Wildman–Crippen LogP) is 1.08. The number of nitrogens with one attached hydrogen (secondary N) is 2. The van der Waals surface area contributed by atoms with Crippen molar-refractivity contribution in [2.24, 2.45) is 0 Å². The summed E-state index contributed by atoms with van der Waals surface area (Å²) in [6, 6.07) is 8.59. The number of nitrogens with zero attached hydrogens (tertiary/aromatic N) is 1. The normalized spacial score (nSPS) is 12.4. The standard InChI is InChI=1S/C15H18BN3O2/c1-9(2)19-14(20)8-13(18-15(19)21)17-10(3)11-4-6-12(16)7-5-11/h4-10,17H,1-3H3,(H,18,21)/t10-/m0/s1. The molecule has 2 rings (SSSR count). The third-order valence-electron chi connectivity index (χ3n) is 3.29. The number of anilines is 1. The van der Waals surface area contributed by atoms with E-state index in [1.807, 2.05) is 31.2 Å². The van der Waals surface area contributed by atoms with Crippen LogP contribution in [0.3, 0.4) is 0 Å². The maximum atomic E-state index is 12.0. The van der Waals surface area contributed by atoms with Crippen LogP contribution in [-0.4, -0.2) is 17.4 Å². The van der Waals surface area contributed by atoms with E-state index in [1.54, 1.807) is 13.8 Å². The van der Waals surface area contributed by atoms with Gasteiger partial charge < -0.3 is 5.32 Å². The Hall–Kier alpha value is -2.24. The smallest absolute Gasteiger partial charge is 0.330 e. The zero-order valence-electron chi connectivity index (χ0n) is 12.4. The van der Waals surface area contributed by atoms with E-state index >= 15 is 0 Å². The van der Waals surface area contributed by atoms with Gasteiger partial charge in [-0.2, -0.15) is 0 Å². The average Bonchev–Trinajstić information content (AvgIpc) is 2.37. The lowest BCUT2D eigenvalue weighted by Gasteiger charge is -2.16. The van der Waals surface area contributed by atoms with Gasteiger partial charge in [-0.25, -0.2) is 4.79 Å². The fraction of sp³-hybridized carbons (Fsp3) is 0.333. The predicted molar refractivity (Wildman–Crippen MR) is 85.6 cm³/mol. The van der Waals surface area contributed by atoms with Crippen molar-refractivity contribution in [3.05, 3.63) is 56.7 Å². The Bertz CT molecular complexity index is 701. The highest BCUT2D eigenvalue weighted by Gasteiger charge is 2.10. The molecule has 2 aromatic rings. The highest BCUT2D eigenvalue weighted by molar-refractivity contribution is 6.32. The van der Waals surface area contributed by atoms with Gasteiger partial charge in [-0.05, 0) is 26.3 Å². The van der Waals surface area contributed by atoms with Gasteiger partial charge in [0.15, 0.2) is 0 Å². The van der Waals surface area contributed by atoms with Gasteiger partial charge in [-0.15, -0.1) is 0 Å². The molecule has 108 valence electrons. The van der Waals surface area contributed by atoms with Gasteiger partial charge >= 0.3 is 5.69 Å². The molecule has 2 radical (unpaired) electrons. The number of aromatic nitrogens is 2.